The summed E-state index contributed by atoms with van der Waals surface area (Å²) in [6.45, 7) is 3.74. The van der Waals surface area contributed by atoms with Crippen LogP contribution in [0.5, 0.6) is 0 Å². The Morgan fingerprint density at radius 1 is 1.32 bits per heavy atom. The van der Waals surface area contributed by atoms with E-state index in [-0.39, 0.29) is 17.6 Å². The number of amides is 1. The molecule has 0 unspecified atom stereocenters. The summed E-state index contributed by atoms with van der Waals surface area (Å²) in [5.41, 5.74) is 0.405. The number of thiophene rings is 1. The third kappa shape index (κ3) is 3.92. The van der Waals surface area contributed by atoms with Gasteiger partial charge in [0.1, 0.15) is 5.69 Å². The average molecular weight is 357 g/mol. The van der Waals surface area contributed by atoms with Crippen LogP contribution in [0, 0.1) is 0 Å². The lowest BCUT2D eigenvalue weighted by molar-refractivity contribution is -0.0447. The lowest BCUT2D eigenvalue weighted by atomic mass is 9.87. The number of carbonyl (C=O) groups is 1. The van der Waals surface area contributed by atoms with E-state index in [2.05, 4.69) is 32.7 Å². The Kier molecular flexibility index (Phi) is 4.83. The number of ether oxygens (including phenoxy) is 1. The van der Waals surface area contributed by atoms with E-state index in [1.807, 2.05) is 23.5 Å². The van der Waals surface area contributed by atoms with Crippen molar-refractivity contribution in [3.63, 3.8) is 0 Å². The predicted molar refractivity (Wildman–Crippen MR) is 97.6 cm³/mol. The van der Waals surface area contributed by atoms with Gasteiger partial charge >= 0.3 is 0 Å². The van der Waals surface area contributed by atoms with E-state index in [1.165, 1.54) is 4.88 Å². The van der Waals surface area contributed by atoms with E-state index in [0.717, 1.165) is 38.9 Å². The first kappa shape index (κ1) is 16.7. The van der Waals surface area contributed by atoms with E-state index in [9.17, 15) is 4.79 Å². The first-order chi connectivity index (χ1) is 12.2. The Balaban J connectivity index is 1.28. The van der Waals surface area contributed by atoms with Gasteiger partial charge < -0.3 is 10.1 Å². The van der Waals surface area contributed by atoms with Gasteiger partial charge in [-0.05, 0) is 42.8 Å². The van der Waals surface area contributed by atoms with Crippen LogP contribution in [0.15, 0.2) is 41.9 Å². The maximum Gasteiger partial charge on any atom is 0.270 e. The second kappa shape index (κ2) is 7.23. The molecule has 132 valence electrons. The van der Waals surface area contributed by atoms with Crippen molar-refractivity contribution in [2.45, 2.75) is 37.5 Å². The molecule has 1 spiro atoms. The fourth-order valence-electron chi connectivity index (χ4n) is 3.78. The van der Waals surface area contributed by atoms with Gasteiger partial charge in [-0.1, -0.05) is 12.1 Å². The minimum atomic E-state index is -0.110. The van der Waals surface area contributed by atoms with Crippen molar-refractivity contribution < 1.29 is 9.53 Å². The molecule has 0 saturated carbocycles. The minimum absolute atomic E-state index is 0.0615. The molecule has 2 aromatic heterocycles. The van der Waals surface area contributed by atoms with Crippen molar-refractivity contribution in [1.82, 2.24) is 15.2 Å². The monoisotopic (exact) mass is 357 g/mol. The zero-order valence-corrected chi connectivity index (χ0v) is 15.0. The predicted octanol–water partition coefficient (Wildman–Crippen LogP) is 2.70. The largest absolute Gasteiger partial charge is 0.373 e. The number of rotatable bonds is 4. The van der Waals surface area contributed by atoms with E-state index < -0.39 is 0 Å². The molecule has 6 heteroatoms. The van der Waals surface area contributed by atoms with Crippen LogP contribution < -0.4 is 5.32 Å². The van der Waals surface area contributed by atoms with Crippen molar-refractivity contribution in [2.75, 3.05) is 19.7 Å². The second-order valence-corrected chi connectivity index (χ2v) is 7.97. The Bertz CT molecular complexity index is 697. The first-order valence-corrected chi connectivity index (χ1v) is 9.71. The quantitative estimate of drug-likeness (QED) is 0.914. The highest BCUT2D eigenvalue weighted by atomic mass is 32.1. The number of likely N-dealkylation sites (tertiary alicyclic amines) is 1. The summed E-state index contributed by atoms with van der Waals surface area (Å²) in [5.74, 6) is -0.110. The van der Waals surface area contributed by atoms with Crippen molar-refractivity contribution in [2.24, 2.45) is 0 Å². The highest BCUT2D eigenvalue weighted by Gasteiger charge is 2.43. The molecule has 5 nitrogen and oxygen atoms in total. The van der Waals surface area contributed by atoms with Crippen LogP contribution in [0.25, 0.3) is 0 Å². The molecule has 1 N–H and O–H groups in total. The van der Waals surface area contributed by atoms with Gasteiger partial charge in [-0.3, -0.25) is 14.7 Å². The molecule has 25 heavy (non-hydrogen) atoms. The molecule has 0 radical (unpaired) electrons. The van der Waals surface area contributed by atoms with Gasteiger partial charge in [-0.25, -0.2) is 0 Å². The average Bonchev–Trinajstić information content (AvgIpc) is 3.28. The van der Waals surface area contributed by atoms with Crippen LogP contribution >= 0.6 is 11.3 Å². The lowest BCUT2D eigenvalue weighted by Crippen LogP contribution is -2.44. The number of piperidine rings is 1. The Morgan fingerprint density at radius 3 is 2.92 bits per heavy atom. The summed E-state index contributed by atoms with van der Waals surface area (Å²) in [5, 5.41) is 5.21. The van der Waals surface area contributed by atoms with E-state index in [1.54, 1.807) is 12.3 Å². The van der Waals surface area contributed by atoms with Crippen molar-refractivity contribution >= 4 is 17.2 Å². The summed E-state index contributed by atoms with van der Waals surface area (Å²) in [4.78, 5) is 20.3. The molecule has 1 atom stereocenters. The fraction of sp³-hybridized carbons (Fsp3) is 0.474. The molecule has 1 amide bonds. The van der Waals surface area contributed by atoms with Crippen molar-refractivity contribution in [3.05, 3.63) is 52.5 Å². The highest BCUT2D eigenvalue weighted by Crippen LogP contribution is 2.36. The first-order valence-electron chi connectivity index (χ1n) is 8.83. The number of carbonyl (C=O) groups excluding carboxylic acids is 1. The SMILES string of the molecule is O=C(N[C@H]1COC2(CCN(Cc3cccs3)CC2)C1)c1ccccn1. The molecular weight excluding hydrogens is 334 g/mol. The van der Waals surface area contributed by atoms with Crippen LogP contribution in [0.3, 0.4) is 0 Å². The van der Waals surface area contributed by atoms with Crippen LogP contribution in [0.4, 0.5) is 0 Å². The summed E-state index contributed by atoms with van der Waals surface area (Å²) in [6.07, 6.45) is 4.62. The zero-order valence-electron chi connectivity index (χ0n) is 14.2. The minimum Gasteiger partial charge on any atom is -0.373 e. The Hall–Kier alpha value is -1.76. The summed E-state index contributed by atoms with van der Waals surface area (Å²) >= 11 is 1.82. The maximum atomic E-state index is 12.3. The normalized spacial score (nSPS) is 23.0. The van der Waals surface area contributed by atoms with E-state index in [0.29, 0.717) is 12.3 Å². The van der Waals surface area contributed by atoms with Crippen molar-refractivity contribution in [3.8, 4) is 0 Å². The molecular formula is C19H23N3O2S. The molecule has 2 aromatic rings. The van der Waals surface area contributed by atoms with Gasteiger partial charge in [-0.2, -0.15) is 0 Å². The highest BCUT2D eigenvalue weighted by molar-refractivity contribution is 7.09. The summed E-state index contributed by atoms with van der Waals surface area (Å²) < 4.78 is 6.16. The number of nitrogens with zero attached hydrogens (tertiary/aromatic N) is 2. The van der Waals surface area contributed by atoms with Crippen LogP contribution in [-0.4, -0.2) is 47.1 Å². The Labute approximate surface area is 152 Å². The van der Waals surface area contributed by atoms with Crippen LogP contribution in [0.2, 0.25) is 0 Å². The molecule has 2 aliphatic heterocycles. The van der Waals surface area contributed by atoms with E-state index in [4.69, 9.17) is 4.74 Å². The second-order valence-electron chi connectivity index (χ2n) is 6.94. The van der Waals surface area contributed by atoms with Gasteiger partial charge in [0.15, 0.2) is 0 Å². The molecule has 2 fully saturated rings. The maximum absolute atomic E-state index is 12.3. The molecule has 2 saturated heterocycles. The molecule has 0 bridgehead atoms. The smallest absolute Gasteiger partial charge is 0.270 e. The van der Waals surface area contributed by atoms with Gasteiger partial charge in [-0.15, -0.1) is 11.3 Å². The van der Waals surface area contributed by atoms with Gasteiger partial charge in [0.2, 0.25) is 0 Å². The van der Waals surface area contributed by atoms with Crippen LogP contribution in [-0.2, 0) is 11.3 Å². The number of aromatic nitrogens is 1. The molecule has 0 aliphatic carbocycles. The standard InChI is InChI=1S/C19H23N3O2S/c23-18(17-5-1-2-8-20-17)21-15-12-19(24-14-15)6-9-22(10-7-19)13-16-4-3-11-25-16/h1-5,8,11,15H,6-7,9-10,12-14H2,(H,21,23)/t15-/m1/s1. The lowest BCUT2D eigenvalue weighted by Gasteiger charge is -2.38. The summed E-state index contributed by atoms with van der Waals surface area (Å²) in [6, 6.07) is 9.78. The topological polar surface area (TPSA) is 54.5 Å². The number of hydrogen-bond acceptors (Lipinski definition) is 5. The van der Waals surface area contributed by atoms with Gasteiger partial charge in [0.05, 0.1) is 18.2 Å². The third-order valence-electron chi connectivity index (χ3n) is 5.17. The van der Waals surface area contributed by atoms with Gasteiger partial charge in [0.25, 0.3) is 5.91 Å². The van der Waals surface area contributed by atoms with E-state index >= 15 is 0 Å². The molecule has 2 aliphatic rings. The summed E-state index contributed by atoms with van der Waals surface area (Å²) in [7, 11) is 0. The number of nitrogens with one attached hydrogen (secondary N) is 1. The van der Waals surface area contributed by atoms with Crippen molar-refractivity contribution in [1.29, 1.82) is 0 Å². The zero-order chi connectivity index (χ0) is 17.1. The fourth-order valence-corrected chi connectivity index (χ4v) is 4.53. The third-order valence-corrected chi connectivity index (χ3v) is 6.03. The number of pyridine rings is 1. The van der Waals surface area contributed by atoms with Gasteiger partial charge in [0, 0.05) is 30.7 Å². The molecule has 4 heterocycles. The number of hydrogen-bond donors (Lipinski definition) is 1. The Morgan fingerprint density at radius 2 is 2.20 bits per heavy atom. The molecule has 4 rings (SSSR count). The van der Waals surface area contributed by atoms with Crippen LogP contribution in [0.1, 0.15) is 34.6 Å². The molecule has 0 aromatic carbocycles.